The van der Waals surface area contributed by atoms with E-state index >= 15 is 0 Å². The van der Waals surface area contributed by atoms with Crippen molar-refractivity contribution >= 4 is 55.4 Å². The topological polar surface area (TPSA) is 30.1 Å². The van der Waals surface area contributed by atoms with Crippen molar-refractivity contribution in [3.8, 4) is 39.6 Å². The Bertz CT molecular complexity index is 3690. The SMILES string of the molecule is CC(C)(C)c1cc(C2=C=[N+](c3cccc(Oc4ccc5c6cc(-c7ccccc7)ccc6n(-c6cc(C(C)(C)C)ccn6)c5c4)c3)c3cccc(-c4cccc5ccccc45)c32)cc(C(C)(C)C)c1. The van der Waals surface area contributed by atoms with Crippen molar-refractivity contribution < 1.29 is 4.74 Å². The minimum Gasteiger partial charge on any atom is -0.457 e. The van der Waals surface area contributed by atoms with Crippen LogP contribution in [-0.2, 0) is 16.2 Å². The van der Waals surface area contributed by atoms with E-state index in [0.717, 1.165) is 50.7 Å². The fraction of sp³-hybridized carbons (Fsp3) is 0.185. The lowest BCUT2D eigenvalue weighted by atomic mass is 9.78. The number of rotatable bonds is 7. The van der Waals surface area contributed by atoms with Gasteiger partial charge in [0.25, 0.3) is 0 Å². The lowest BCUT2D eigenvalue weighted by Crippen LogP contribution is -2.17. The summed E-state index contributed by atoms with van der Waals surface area (Å²) in [6.45, 7) is 20.6. The zero-order chi connectivity index (χ0) is 47.8. The predicted octanol–water partition coefficient (Wildman–Crippen LogP) is 17.3. The first-order valence-corrected chi connectivity index (χ1v) is 24.2. The second-order valence-corrected chi connectivity index (χ2v) is 21.7. The Balaban J connectivity index is 1.06. The molecule has 0 saturated carbocycles. The van der Waals surface area contributed by atoms with Crippen LogP contribution in [0.2, 0.25) is 0 Å². The zero-order valence-electron chi connectivity index (χ0n) is 41.1. The zero-order valence-corrected chi connectivity index (χ0v) is 41.1. The van der Waals surface area contributed by atoms with Gasteiger partial charge >= 0.3 is 0 Å². The molecule has 0 amide bonds. The number of benzene rings is 8. The first-order chi connectivity index (χ1) is 33.1. The Morgan fingerprint density at radius 2 is 1.14 bits per heavy atom. The fourth-order valence-corrected chi connectivity index (χ4v) is 9.90. The number of nitrogens with zero attached hydrogens (tertiary/aromatic N) is 3. The maximum atomic E-state index is 6.90. The summed E-state index contributed by atoms with van der Waals surface area (Å²) in [5.74, 6) is 6.34. The third-order valence-corrected chi connectivity index (χ3v) is 13.8. The molecule has 1 aliphatic rings. The summed E-state index contributed by atoms with van der Waals surface area (Å²) in [5, 5.41) is 4.75. The van der Waals surface area contributed by atoms with Crippen LogP contribution in [0.15, 0.2) is 188 Å². The average Bonchev–Trinajstić information content (AvgIpc) is 3.89. The van der Waals surface area contributed by atoms with Crippen LogP contribution in [0.25, 0.3) is 66.2 Å². The smallest absolute Gasteiger partial charge is 0.230 e. The van der Waals surface area contributed by atoms with Crippen LogP contribution < -0.4 is 9.31 Å². The van der Waals surface area contributed by atoms with Gasteiger partial charge in [-0.05, 0) is 126 Å². The maximum Gasteiger partial charge on any atom is 0.230 e. The molecule has 2 aromatic heterocycles. The van der Waals surface area contributed by atoms with Gasteiger partial charge in [-0.15, -0.1) is 4.58 Å². The molecule has 4 nitrogen and oxygen atoms in total. The highest BCUT2D eigenvalue weighted by Crippen LogP contribution is 2.46. The van der Waals surface area contributed by atoms with Crippen LogP contribution in [0.5, 0.6) is 11.5 Å². The number of hydrogen-bond donors (Lipinski definition) is 0. The van der Waals surface area contributed by atoms with E-state index in [9.17, 15) is 0 Å². The van der Waals surface area contributed by atoms with Crippen LogP contribution in [0.4, 0.5) is 11.4 Å². The van der Waals surface area contributed by atoms with Crippen molar-refractivity contribution in [1.29, 1.82) is 0 Å². The van der Waals surface area contributed by atoms with Gasteiger partial charge in [0.15, 0.2) is 5.87 Å². The summed E-state index contributed by atoms with van der Waals surface area (Å²) < 4.78 is 11.4. The highest BCUT2D eigenvalue weighted by molar-refractivity contribution is 6.14. The highest BCUT2D eigenvalue weighted by Gasteiger charge is 2.34. The van der Waals surface area contributed by atoms with Gasteiger partial charge in [-0.1, -0.05) is 165 Å². The molecule has 69 heavy (non-hydrogen) atoms. The first-order valence-electron chi connectivity index (χ1n) is 24.2. The van der Waals surface area contributed by atoms with Gasteiger partial charge in [0, 0.05) is 35.2 Å². The van der Waals surface area contributed by atoms with Gasteiger partial charge in [-0.3, -0.25) is 4.57 Å². The summed E-state index contributed by atoms with van der Waals surface area (Å²) in [6.07, 6.45) is 1.93. The van der Waals surface area contributed by atoms with E-state index < -0.39 is 0 Å². The van der Waals surface area contributed by atoms with E-state index in [4.69, 9.17) is 9.72 Å². The number of aromatic nitrogens is 2. The lowest BCUT2D eigenvalue weighted by molar-refractivity contribution is 0.483. The Morgan fingerprint density at radius 3 is 1.91 bits per heavy atom. The summed E-state index contributed by atoms with van der Waals surface area (Å²) in [7, 11) is 0. The fourth-order valence-electron chi connectivity index (χ4n) is 9.90. The van der Waals surface area contributed by atoms with Gasteiger partial charge in [0.05, 0.1) is 22.7 Å². The molecule has 1 aliphatic heterocycles. The van der Waals surface area contributed by atoms with Gasteiger partial charge in [-0.2, -0.15) is 0 Å². The van der Waals surface area contributed by atoms with Gasteiger partial charge in [-0.25, -0.2) is 4.98 Å². The second kappa shape index (κ2) is 16.5. The minimum atomic E-state index is -0.0477. The van der Waals surface area contributed by atoms with Gasteiger partial charge in [0.2, 0.25) is 11.4 Å². The molecule has 0 saturated heterocycles. The van der Waals surface area contributed by atoms with E-state index in [1.54, 1.807) is 0 Å². The third kappa shape index (κ3) is 8.05. The predicted molar refractivity (Wildman–Crippen MR) is 291 cm³/mol. The molecular formula is C65H58N3O+. The van der Waals surface area contributed by atoms with Crippen molar-refractivity contribution in [1.82, 2.24) is 14.1 Å². The maximum absolute atomic E-state index is 6.90. The molecule has 0 bridgehead atoms. The summed E-state index contributed by atoms with van der Waals surface area (Å²) in [6, 6.07) is 65.7. The molecule has 3 heterocycles. The lowest BCUT2D eigenvalue weighted by Gasteiger charge is -2.26. The van der Waals surface area contributed by atoms with Crippen molar-refractivity contribution in [3.63, 3.8) is 0 Å². The van der Waals surface area contributed by atoms with Gasteiger partial charge < -0.3 is 4.74 Å². The van der Waals surface area contributed by atoms with E-state index in [1.807, 2.05) is 12.3 Å². The van der Waals surface area contributed by atoms with E-state index in [1.165, 1.54) is 66.2 Å². The minimum absolute atomic E-state index is 0.0389. The molecule has 8 aromatic carbocycles. The Hall–Kier alpha value is -7.78. The molecule has 10 aromatic rings. The second-order valence-electron chi connectivity index (χ2n) is 21.7. The van der Waals surface area contributed by atoms with Crippen LogP contribution in [0, 0.1) is 0 Å². The van der Waals surface area contributed by atoms with Crippen LogP contribution in [0.1, 0.15) is 90.1 Å². The molecule has 0 aliphatic carbocycles. The molecule has 11 rings (SSSR count). The molecular weight excluding hydrogens is 839 g/mol. The quantitative estimate of drug-likeness (QED) is 0.149. The normalized spacial score (nSPS) is 12.9. The Kier molecular flexibility index (Phi) is 10.5. The van der Waals surface area contributed by atoms with Crippen molar-refractivity contribution in [2.75, 3.05) is 0 Å². The molecule has 0 atom stereocenters. The first kappa shape index (κ1) is 43.8. The summed E-state index contributed by atoms with van der Waals surface area (Å²) in [5.41, 5.74) is 16.0. The van der Waals surface area contributed by atoms with Crippen molar-refractivity contribution in [2.45, 2.75) is 78.6 Å². The molecule has 0 unspecified atom stereocenters. The number of hydrogen-bond acceptors (Lipinski definition) is 2. The number of ether oxygens (including phenoxy) is 1. The van der Waals surface area contributed by atoms with Crippen LogP contribution in [0.3, 0.4) is 0 Å². The molecule has 0 radical (unpaired) electrons. The van der Waals surface area contributed by atoms with Crippen LogP contribution >= 0.6 is 0 Å². The van der Waals surface area contributed by atoms with Crippen molar-refractivity contribution in [3.05, 3.63) is 216 Å². The third-order valence-electron chi connectivity index (χ3n) is 13.8. The Morgan fingerprint density at radius 1 is 0.464 bits per heavy atom. The summed E-state index contributed by atoms with van der Waals surface area (Å²) >= 11 is 0. The molecule has 0 fully saturated rings. The largest absolute Gasteiger partial charge is 0.457 e. The van der Waals surface area contributed by atoms with Gasteiger partial charge in [0.1, 0.15) is 22.9 Å². The molecule has 0 N–H and O–H groups in total. The van der Waals surface area contributed by atoms with E-state index in [2.05, 4.69) is 253 Å². The van der Waals surface area contributed by atoms with Crippen LogP contribution in [-0.4, -0.2) is 15.4 Å². The molecule has 338 valence electrons. The number of pyridine rings is 1. The monoisotopic (exact) mass is 896 g/mol. The van der Waals surface area contributed by atoms with E-state index in [0.29, 0.717) is 0 Å². The molecule has 4 heteroatoms. The standard InChI is InChI=1S/C65H58N3O/c1-63(2,3)46-32-33-66-61(38-46)68-58-31-28-44(42-18-11-10-12-19-42)36-56(58)54-30-29-51(40-60(54)68)69-50-23-16-22-49(39-50)67-41-57(45-34-47(64(4,5)6)37-48(35-45)65(7,8)9)62-55(26-17-27-59(62)67)53-25-15-21-43-20-13-14-24-52(43)53/h10-40H,1-9H3/q+1. The average molecular weight is 897 g/mol. The van der Waals surface area contributed by atoms with E-state index in [-0.39, 0.29) is 16.2 Å². The highest BCUT2D eigenvalue weighted by atomic mass is 16.5. The Labute approximate surface area is 406 Å². The number of fused-ring (bicyclic) bond motifs is 5. The summed E-state index contributed by atoms with van der Waals surface area (Å²) in [4.78, 5) is 4.97. The molecule has 0 spiro atoms. The van der Waals surface area contributed by atoms with Crippen molar-refractivity contribution in [2.24, 2.45) is 0 Å².